The van der Waals surface area contributed by atoms with Gasteiger partial charge in [0.1, 0.15) is 23.9 Å². The largest absolute Gasteiger partial charge is 0.507 e. The lowest BCUT2D eigenvalue weighted by Gasteiger charge is -2.22. The Morgan fingerprint density at radius 1 is 0.878 bits per heavy atom. The molecule has 1 fully saturated rings. The first-order valence-corrected chi connectivity index (χ1v) is 18.0. The first-order chi connectivity index (χ1) is 23.8. The van der Waals surface area contributed by atoms with E-state index in [9.17, 15) is 14.7 Å². The van der Waals surface area contributed by atoms with Crippen molar-refractivity contribution >= 4 is 45.7 Å². The predicted octanol–water partition coefficient (Wildman–Crippen LogP) is 8.83. The van der Waals surface area contributed by atoms with Crippen molar-refractivity contribution in [3.8, 4) is 11.5 Å². The van der Waals surface area contributed by atoms with Crippen LogP contribution < -0.4 is 14.4 Å². The Balaban J connectivity index is 1.30. The van der Waals surface area contributed by atoms with Crippen LogP contribution in [-0.4, -0.2) is 33.6 Å². The lowest BCUT2D eigenvalue weighted by atomic mass is 9.95. The van der Waals surface area contributed by atoms with Crippen molar-refractivity contribution in [3.63, 3.8) is 0 Å². The van der Waals surface area contributed by atoms with Gasteiger partial charge in [0, 0.05) is 11.3 Å². The summed E-state index contributed by atoms with van der Waals surface area (Å²) >= 11 is 2.75. The van der Waals surface area contributed by atoms with Crippen LogP contribution in [0.25, 0.3) is 5.76 Å². The Bertz CT molecular complexity index is 1950. The minimum absolute atomic E-state index is 0.0257. The van der Waals surface area contributed by atoms with Gasteiger partial charge in [0.2, 0.25) is 5.13 Å². The van der Waals surface area contributed by atoms with Crippen LogP contribution in [0.2, 0.25) is 0 Å². The lowest BCUT2D eigenvalue weighted by Crippen LogP contribution is -2.29. The molecule has 2 heterocycles. The van der Waals surface area contributed by atoms with Crippen molar-refractivity contribution in [3.05, 3.63) is 136 Å². The van der Waals surface area contributed by atoms with Gasteiger partial charge in [0.05, 0.1) is 18.2 Å². The number of aliphatic hydroxyl groups excluding tert-OH is 1. The summed E-state index contributed by atoms with van der Waals surface area (Å²) in [5.41, 5.74) is 5.52. The molecule has 10 heteroatoms. The van der Waals surface area contributed by atoms with Gasteiger partial charge in [-0.15, -0.1) is 10.2 Å². The van der Waals surface area contributed by atoms with Gasteiger partial charge in [-0.3, -0.25) is 14.5 Å². The molecule has 1 aromatic heterocycles. The van der Waals surface area contributed by atoms with Crippen molar-refractivity contribution in [1.82, 2.24) is 10.2 Å². The third-order valence-corrected chi connectivity index (χ3v) is 10.4. The Labute approximate surface area is 294 Å². The normalized spacial score (nSPS) is 15.5. The Morgan fingerprint density at radius 3 is 2.29 bits per heavy atom. The van der Waals surface area contributed by atoms with Crippen LogP contribution in [-0.2, 0) is 21.9 Å². The molecule has 5 aromatic rings. The molecule has 1 N–H and O–H groups in total. The van der Waals surface area contributed by atoms with Crippen LogP contribution in [0.15, 0.2) is 107 Å². The number of carbonyl (C=O) groups is 2. The van der Waals surface area contributed by atoms with Crippen molar-refractivity contribution in [2.75, 3.05) is 11.5 Å². The van der Waals surface area contributed by atoms with Crippen LogP contribution in [0.4, 0.5) is 5.13 Å². The minimum Gasteiger partial charge on any atom is -0.507 e. The first kappa shape index (κ1) is 34.0. The molecule has 1 aliphatic heterocycles. The van der Waals surface area contributed by atoms with Gasteiger partial charge >= 0.3 is 5.91 Å². The molecule has 1 unspecified atom stereocenters. The number of hydrogen-bond acceptors (Lipinski definition) is 9. The Morgan fingerprint density at radius 2 is 1.57 bits per heavy atom. The third-order valence-electron chi connectivity index (χ3n) is 8.28. The summed E-state index contributed by atoms with van der Waals surface area (Å²) in [7, 11) is 0. The maximum Gasteiger partial charge on any atom is 0.301 e. The molecule has 1 atom stereocenters. The number of rotatable bonds is 13. The molecule has 0 radical (unpaired) electrons. The molecule has 4 aromatic carbocycles. The van der Waals surface area contributed by atoms with Crippen LogP contribution in [0.1, 0.15) is 59.2 Å². The number of ether oxygens (including phenoxy) is 2. The molecule has 8 nitrogen and oxygen atoms in total. The minimum atomic E-state index is -0.926. The molecular formula is C39H37N3O5S2. The van der Waals surface area contributed by atoms with Crippen molar-refractivity contribution in [1.29, 1.82) is 0 Å². The number of benzene rings is 4. The monoisotopic (exact) mass is 691 g/mol. The zero-order valence-electron chi connectivity index (χ0n) is 27.6. The van der Waals surface area contributed by atoms with E-state index in [1.54, 1.807) is 24.3 Å². The fourth-order valence-electron chi connectivity index (χ4n) is 5.41. The van der Waals surface area contributed by atoms with E-state index in [1.165, 1.54) is 33.6 Å². The molecule has 0 bridgehead atoms. The molecule has 1 amide bonds. The highest BCUT2D eigenvalue weighted by Gasteiger charge is 2.48. The topological polar surface area (TPSA) is 102 Å². The second-order valence-electron chi connectivity index (χ2n) is 11.8. The van der Waals surface area contributed by atoms with E-state index in [0.717, 1.165) is 29.5 Å². The number of Topliss-reactive ketones (excluding diaryl/α,β-unsaturated/α-hetero) is 1. The molecule has 250 valence electrons. The number of aromatic nitrogens is 2. The zero-order valence-corrected chi connectivity index (χ0v) is 29.2. The number of thioether (sulfide) groups is 1. The molecular weight excluding hydrogens is 655 g/mol. The van der Waals surface area contributed by atoms with E-state index < -0.39 is 17.7 Å². The summed E-state index contributed by atoms with van der Waals surface area (Å²) < 4.78 is 12.5. The zero-order chi connectivity index (χ0) is 34.3. The van der Waals surface area contributed by atoms with Gasteiger partial charge in [-0.25, -0.2) is 0 Å². The highest BCUT2D eigenvalue weighted by Crippen LogP contribution is 2.44. The Hall–Kier alpha value is -4.93. The van der Waals surface area contributed by atoms with Crippen molar-refractivity contribution in [2.45, 2.75) is 56.4 Å². The van der Waals surface area contributed by atoms with Crippen LogP contribution in [0, 0.1) is 13.8 Å². The van der Waals surface area contributed by atoms with Gasteiger partial charge in [-0.05, 0) is 78.9 Å². The number of carbonyl (C=O) groups excluding carboxylic acids is 2. The van der Waals surface area contributed by atoms with E-state index >= 15 is 0 Å². The van der Waals surface area contributed by atoms with E-state index in [1.807, 2.05) is 62.4 Å². The number of amides is 1. The number of nitrogens with zero attached hydrogens (tertiary/aromatic N) is 3. The smallest absolute Gasteiger partial charge is 0.301 e. The van der Waals surface area contributed by atoms with Gasteiger partial charge in [0.15, 0.2) is 4.34 Å². The van der Waals surface area contributed by atoms with E-state index in [2.05, 4.69) is 41.4 Å². The summed E-state index contributed by atoms with van der Waals surface area (Å²) in [5, 5.41) is 20.6. The van der Waals surface area contributed by atoms with Crippen LogP contribution >= 0.6 is 23.1 Å². The molecule has 0 saturated carbocycles. The van der Waals surface area contributed by atoms with E-state index in [-0.39, 0.29) is 16.5 Å². The number of anilines is 1. The lowest BCUT2D eigenvalue weighted by molar-refractivity contribution is -0.132. The quantitative estimate of drug-likeness (QED) is 0.0327. The molecule has 1 saturated heterocycles. The van der Waals surface area contributed by atoms with Gasteiger partial charge in [-0.2, -0.15) is 0 Å². The second kappa shape index (κ2) is 15.5. The van der Waals surface area contributed by atoms with Crippen molar-refractivity contribution in [2.24, 2.45) is 0 Å². The number of unbranched alkanes of at least 4 members (excludes halogenated alkanes) is 1. The third kappa shape index (κ3) is 7.87. The molecule has 0 aliphatic carbocycles. The van der Waals surface area contributed by atoms with Crippen molar-refractivity contribution < 1.29 is 24.2 Å². The number of hydrogen-bond donors (Lipinski definition) is 1. The number of ketones is 1. The summed E-state index contributed by atoms with van der Waals surface area (Å²) in [6, 6.07) is 29.4. The van der Waals surface area contributed by atoms with E-state index in [0.29, 0.717) is 45.9 Å². The number of aryl methyl sites for hydroxylation is 2. The van der Waals surface area contributed by atoms with Gasteiger partial charge in [-0.1, -0.05) is 103 Å². The average molecular weight is 692 g/mol. The molecule has 0 spiro atoms. The summed E-state index contributed by atoms with van der Waals surface area (Å²) in [4.78, 5) is 28.8. The van der Waals surface area contributed by atoms with Crippen LogP contribution in [0.5, 0.6) is 11.5 Å². The standard InChI is InChI=1S/C39H37N3O5S2/c1-4-5-22-46-31-18-14-28(15-19-31)34-33(35(43)29-16-20-32(21-17-29)47-23-30-9-7-6-8-26(30)3)36(44)37(45)42(34)38-40-41-39(49-38)48-24-27-12-10-25(2)11-13-27/h6-21,34,43H,4-5,22-24H2,1-3H3. The summed E-state index contributed by atoms with van der Waals surface area (Å²) in [6.07, 6.45) is 1.94. The fraction of sp³-hybridized carbons (Fsp3) is 0.231. The van der Waals surface area contributed by atoms with Gasteiger partial charge < -0.3 is 14.6 Å². The highest BCUT2D eigenvalue weighted by molar-refractivity contribution is 8.00. The molecule has 1 aliphatic rings. The Kier molecular flexibility index (Phi) is 10.8. The SMILES string of the molecule is CCCCOc1ccc(C2C(=C(O)c3ccc(OCc4ccccc4C)cc3)C(=O)C(=O)N2c2nnc(SCc3ccc(C)cc3)s2)cc1. The van der Waals surface area contributed by atoms with Crippen LogP contribution in [0.3, 0.4) is 0 Å². The maximum atomic E-state index is 13.7. The fourth-order valence-corrected chi connectivity index (χ4v) is 7.23. The second-order valence-corrected chi connectivity index (χ2v) is 14.0. The molecule has 49 heavy (non-hydrogen) atoms. The first-order valence-electron chi connectivity index (χ1n) is 16.2. The maximum absolute atomic E-state index is 13.7. The van der Waals surface area contributed by atoms with E-state index in [4.69, 9.17) is 9.47 Å². The summed E-state index contributed by atoms with van der Waals surface area (Å²) in [6.45, 7) is 7.16. The molecule has 6 rings (SSSR count). The van der Waals surface area contributed by atoms with Gasteiger partial charge in [0.25, 0.3) is 5.78 Å². The predicted molar refractivity (Wildman–Crippen MR) is 194 cm³/mol. The highest BCUT2D eigenvalue weighted by atomic mass is 32.2. The average Bonchev–Trinajstić information content (AvgIpc) is 3.69. The summed E-state index contributed by atoms with van der Waals surface area (Å²) in [5.74, 6) is 0.120. The number of aliphatic hydroxyl groups is 1.